The van der Waals surface area contributed by atoms with Crippen molar-refractivity contribution in [3.63, 3.8) is 0 Å². The third kappa shape index (κ3) is 4.11. The highest BCUT2D eigenvalue weighted by molar-refractivity contribution is 5.89. The molecule has 2 aromatic rings. The van der Waals surface area contributed by atoms with Gasteiger partial charge in [-0.05, 0) is 60.1 Å². The van der Waals surface area contributed by atoms with E-state index in [0.717, 1.165) is 44.2 Å². The maximum absolute atomic E-state index is 13.4. The van der Waals surface area contributed by atoms with Crippen molar-refractivity contribution in [3.8, 4) is 0 Å². The number of aromatic nitrogens is 1. The van der Waals surface area contributed by atoms with Gasteiger partial charge in [0.2, 0.25) is 5.91 Å². The Hall–Kier alpha value is -2.30. The summed E-state index contributed by atoms with van der Waals surface area (Å²) in [5, 5.41) is 10.9. The second-order valence-electron chi connectivity index (χ2n) is 10.7. The van der Waals surface area contributed by atoms with E-state index in [1.165, 1.54) is 16.5 Å². The summed E-state index contributed by atoms with van der Waals surface area (Å²) in [7, 11) is 0. The Bertz CT molecular complexity index is 971. The van der Waals surface area contributed by atoms with Crippen LogP contribution in [0.2, 0.25) is 0 Å². The Balaban J connectivity index is 1.56. The number of nitrogens with one attached hydrogen (secondary N) is 1. The number of hydrogen-bond acceptors (Lipinski definition) is 2. The molecule has 1 aromatic heterocycles. The van der Waals surface area contributed by atoms with Crippen molar-refractivity contribution in [1.29, 1.82) is 0 Å². The van der Waals surface area contributed by atoms with Crippen molar-refractivity contribution in [2.45, 2.75) is 83.6 Å². The smallest absolute Gasteiger partial charge is 0.306 e. The molecule has 4 rings (SSSR count). The van der Waals surface area contributed by atoms with Crippen molar-refractivity contribution >= 4 is 22.8 Å². The van der Waals surface area contributed by atoms with Crippen molar-refractivity contribution in [1.82, 2.24) is 9.88 Å². The largest absolute Gasteiger partial charge is 0.481 e. The molecule has 5 heteroatoms. The first kappa shape index (κ1) is 21.9. The number of carbonyl (C=O) groups excluding carboxylic acids is 1. The lowest BCUT2D eigenvalue weighted by molar-refractivity contribution is -0.152. The molecule has 1 saturated heterocycles. The number of rotatable bonds is 4. The second kappa shape index (κ2) is 8.33. The summed E-state index contributed by atoms with van der Waals surface area (Å²) < 4.78 is 0. The average molecular weight is 425 g/mol. The minimum absolute atomic E-state index is 0.0220. The average Bonchev–Trinajstić information content (AvgIpc) is 3.16. The van der Waals surface area contributed by atoms with Gasteiger partial charge in [-0.1, -0.05) is 46.2 Å². The first-order valence-corrected chi connectivity index (χ1v) is 11.8. The lowest BCUT2D eigenvalue weighted by Gasteiger charge is -2.46. The molecule has 1 saturated carbocycles. The zero-order valence-corrected chi connectivity index (χ0v) is 19.3. The van der Waals surface area contributed by atoms with Crippen LogP contribution in [0, 0.1) is 11.8 Å². The molecule has 4 atom stereocenters. The van der Waals surface area contributed by atoms with E-state index in [-0.39, 0.29) is 35.1 Å². The van der Waals surface area contributed by atoms with Crippen LogP contribution in [0.5, 0.6) is 0 Å². The Morgan fingerprint density at radius 3 is 2.68 bits per heavy atom. The third-order valence-corrected chi connectivity index (χ3v) is 7.56. The molecule has 2 fully saturated rings. The summed E-state index contributed by atoms with van der Waals surface area (Å²) in [6.07, 6.45) is 6.96. The number of amides is 1. The van der Waals surface area contributed by atoms with E-state index >= 15 is 0 Å². The molecule has 2 heterocycles. The van der Waals surface area contributed by atoms with E-state index in [1.807, 2.05) is 4.90 Å². The third-order valence-electron chi connectivity index (χ3n) is 7.56. The summed E-state index contributed by atoms with van der Waals surface area (Å²) in [4.78, 5) is 30.6. The zero-order valence-electron chi connectivity index (χ0n) is 19.3. The van der Waals surface area contributed by atoms with Gasteiger partial charge in [0.15, 0.2) is 0 Å². The Morgan fingerprint density at radius 1 is 1.19 bits per heavy atom. The standard InChI is InChI=1S/C26H36N2O3/c1-16(19-15-27-21-11-6-10-20(24(19)21)26(2,3)4)14-23(29)28-13-7-9-17-18(25(30)31)8-5-12-22(17)28/h6,10-11,15-18,22,27H,5,7-9,12-14H2,1-4H3,(H,30,31). The molecule has 1 aromatic carbocycles. The SMILES string of the molecule is CC(CC(=O)N1CCCC2C(C(=O)O)CCCC21)c1c[nH]c2cccc(C(C)(C)C)c12. The van der Waals surface area contributed by atoms with Crippen LogP contribution < -0.4 is 0 Å². The number of H-pyrrole nitrogens is 1. The number of piperidine rings is 1. The maximum Gasteiger partial charge on any atom is 0.306 e. The molecular weight excluding hydrogens is 388 g/mol. The van der Waals surface area contributed by atoms with Gasteiger partial charge in [0.1, 0.15) is 0 Å². The quantitative estimate of drug-likeness (QED) is 0.685. The highest BCUT2D eigenvalue weighted by Gasteiger charge is 2.43. The number of hydrogen-bond donors (Lipinski definition) is 2. The van der Waals surface area contributed by atoms with E-state index in [0.29, 0.717) is 6.42 Å². The van der Waals surface area contributed by atoms with E-state index in [2.05, 4.69) is 57.1 Å². The van der Waals surface area contributed by atoms with E-state index < -0.39 is 5.97 Å². The fraction of sp³-hybridized carbons (Fsp3) is 0.615. The van der Waals surface area contributed by atoms with Gasteiger partial charge in [-0.3, -0.25) is 9.59 Å². The predicted octanol–water partition coefficient (Wildman–Crippen LogP) is 5.45. The summed E-state index contributed by atoms with van der Waals surface area (Å²) in [5.41, 5.74) is 3.65. The molecule has 31 heavy (non-hydrogen) atoms. The topological polar surface area (TPSA) is 73.4 Å². The number of nitrogens with zero attached hydrogens (tertiary/aromatic N) is 1. The molecule has 2 N–H and O–H groups in total. The van der Waals surface area contributed by atoms with Gasteiger partial charge in [-0.15, -0.1) is 0 Å². The van der Waals surface area contributed by atoms with E-state index in [4.69, 9.17) is 0 Å². The lowest BCUT2D eigenvalue weighted by Crippen LogP contribution is -2.53. The number of benzene rings is 1. The van der Waals surface area contributed by atoms with Crippen LogP contribution in [0.1, 0.15) is 83.3 Å². The fourth-order valence-electron chi connectivity index (χ4n) is 6.02. The second-order valence-corrected chi connectivity index (χ2v) is 10.7. The van der Waals surface area contributed by atoms with Gasteiger partial charge in [-0.2, -0.15) is 0 Å². The van der Waals surface area contributed by atoms with Crippen LogP contribution in [0.15, 0.2) is 24.4 Å². The van der Waals surface area contributed by atoms with Crippen LogP contribution >= 0.6 is 0 Å². The van der Waals surface area contributed by atoms with Crippen molar-refractivity contribution < 1.29 is 14.7 Å². The lowest BCUT2D eigenvalue weighted by atomic mass is 9.71. The monoisotopic (exact) mass is 424 g/mol. The molecule has 1 aliphatic heterocycles. The van der Waals surface area contributed by atoms with Crippen LogP contribution in [-0.2, 0) is 15.0 Å². The summed E-state index contributed by atoms with van der Waals surface area (Å²) >= 11 is 0. The van der Waals surface area contributed by atoms with E-state index in [1.54, 1.807) is 0 Å². The van der Waals surface area contributed by atoms with Crippen LogP contribution in [0.3, 0.4) is 0 Å². The van der Waals surface area contributed by atoms with E-state index in [9.17, 15) is 14.7 Å². The zero-order chi connectivity index (χ0) is 22.3. The first-order chi connectivity index (χ1) is 14.7. The molecule has 5 nitrogen and oxygen atoms in total. The van der Waals surface area contributed by atoms with Gasteiger partial charge in [0.25, 0.3) is 0 Å². The molecule has 0 spiro atoms. The molecule has 0 radical (unpaired) electrons. The summed E-state index contributed by atoms with van der Waals surface area (Å²) in [6.45, 7) is 9.58. The molecule has 1 amide bonds. The molecule has 2 aliphatic rings. The van der Waals surface area contributed by atoms with Gasteiger partial charge in [0, 0.05) is 36.1 Å². The molecule has 1 aliphatic carbocycles. The Kier molecular flexibility index (Phi) is 5.89. The first-order valence-electron chi connectivity index (χ1n) is 11.8. The highest BCUT2D eigenvalue weighted by Crippen LogP contribution is 2.41. The van der Waals surface area contributed by atoms with Gasteiger partial charge >= 0.3 is 5.97 Å². The number of carboxylic acids is 1. The van der Waals surface area contributed by atoms with Crippen molar-refractivity contribution in [2.75, 3.05) is 6.54 Å². The van der Waals surface area contributed by atoms with Crippen LogP contribution in [-0.4, -0.2) is 39.5 Å². The number of carbonyl (C=O) groups is 2. The minimum Gasteiger partial charge on any atom is -0.481 e. The number of aromatic amines is 1. The number of aliphatic carboxylic acids is 1. The normalized spacial score (nSPS) is 25.3. The van der Waals surface area contributed by atoms with Crippen LogP contribution in [0.4, 0.5) is 0 Å². The number of fused-ring (bicyclic) bond motifs is 2. The highest BCUT2D eigenvalue weighted by atomic mass is 16.4. The maximum atomic E-state index is 13.4. The van der Waals surface area contributed by atoms with Crippen molar-refractivity contribution in [2.24, 2.45) is 11.8 Å². The molecule has 0 bridgehead atoms. The van der Waals surface area contributed by atoms with Gasteiger partial charge in [0.05, 0.1) is 5.92 Å². The number of likely N-dealkylation sites (tertiary alicyclic amines) is 1. The van der Waals surface area contributed by atoms with Gasteiger partial charge < -0.3 is 15.0 Å². The summed E-state index contributed by atoms with van der Waals surface area (Å²) in [5.74, 6) is -0.597. The number of carboxylic acid groups (broad SMARTS) is 1. The Labute approximate surface area is 185 Å². The Morgan fingerprint density at radius 2 is 1.97 bits per heavy atom. The molecule has 168 valence electrons. The van der Waals surface area contributed by atoms with Gasteiger partial charge in [-0.25, -0.2) is 0 Å². The summed E-state index contributed by atoms with van der Waals surface area (Å²) in [6, 6.07) is 6.48. The van der Waals surface area contributed by atoms with Crippen molar-refractivity contribution in [3.05, 3.63) is 35.5 Å². The molecule has 4 unspecified atom stereocenters. The van der Waals surface area contributed by atoms with Crippen LogP contribution in [0.25, 0.3) is 10.9 Å². The fourth-order valence-corrected chi connectivity index (χ4v) is 6.02. The molecular formula is C26H36N2O3. The minimum atomic E-state index is -0.689. The predicted molar refractivity (Wildman–Crippen MR) is 123 cm³/mol.